The number of allylic oxidation sites excluding steroid dienone is 6. The molecule has 0 aromatic heterocycles. The lowest BCUT2D eigenvalue weighted by Gasteiger charge is -2.08. The summed E-state index contributed by atoms with van der Waals surface area (Å²) in [7, 11) is 0. The highest BCUT2D eigenvalue weighted by Gasteiger charge is 2.09. The summed E-state index contributed by atoms with van der Waals surface area (Å²) in [5.41, 5.74) is 6.21. The molecule has 0 amide bonds. The van der Waals surface area contributed by atoms with Crippen LogP contribution < -0.4 is 0 Å². The van der Waals surface area contributed by atoms with Crippen LogP contribution in [0.3, 0.4) is 0 Å². The number of hydrogen-bond donors (Lipinski definition) is 0. The van der Waals surface area contributed by atoms with Gasteiger partial charge in [-0.3, -0.25) is 0 Å². The number of rotatable bonds is 1. The maximum absolute atomic E-state index is 13.7. The fourth-order valence-corrected chi connectivity index (χ4v) is 1.49. The van der Waals surface area contributed by atoms with Gasteiger partial charge in [0.25, 0.3) is 0 Å². The molecule has 14 heavy (non-hydrogen) atoms. The van der Waals surface area contributed by atoms with Gasteiger partial charge in [-0.2, -0.15) is 0 Å². The number of hydrogen-bond acceptors (Lipinski definition) is 0. The summed E-state index contributed by atoms with van der Waals surface area (Å²) in [5, 5.41) is 0. The SMILES string of the molecule is C=C(C)C1=C(F)C=C(C)CC=C=C1C. The molecule has 1 aliphatic rings. The topological polar surface area (TPSA) is 0 Å². The van der Waals surface area contributed by atoms with Crippen molar-refractivity contribution in [1.29, 1.82) is 0 Å². The first kappa shape index (κ1) is 10.7. The Hall–Kier alpha value is -1.33. The van der Waals surface area contributed by atoms with E-state index in [1.165, 1.54) is 0 Å². The second-order valence-electron chi connectivity index (χ2n) is 3.67. The summed E-state index contributed by atoms with van der Waals surface area (Å²) in [6, 6.07) is 0. The minimum Gasteiger partial charge on any atom is -0.206 e. The minimum atomic E-state index is -0.201. The predicted octanol–water partition coefficient (Wildman–Crippen LogP) is 4.24. The van der Waals surface area contributed by atoms with Crippen LogP contribution in [-0.4, -0.2) is 0 Å². The van der Waals surface area contributed by atoms with Gasteiger partial charge in [0.1, 0.15) is 5.83 Å². The molecule has 0 N–H and O–H groups in total. The Labute approximate surface area is 84.8 Å². The highest BCUT2D eigenvalue weighted by Crippen LogP contribution is 2.25. The first-order valence-corrected chi connectivity index (χ1v) is 4.67. The number of halogens is 1. The largest absolute Gasteiger partial charge is 0.206 e. The molecule has 0 aromatic rings. The van der Waals surface area contributed by atoms with E-state index in [0.717, 1.165) is 23.1 Å². The summed E-state index contributed by atoms with van der Waals surface area (Å²) in [6.07, 6.45) is 4.26. The van der Waals surface area contributed by atoms with Gasteiger partial charge in [0.2, 0.25) is 0 Å². The van der Waals surface area contributed by atoms with Gasteiger partial charge in [-0.05, 0) is 44.9 Å². The van der Waals surface area contributed by atoms with E-state index in [0.29, 0.717) is 5.57 Å². The standard InChI is InChI=1S/C13H15F/c1-9(2)13-11(4)7-5-6-10(3)8-12(13)14/h5,8H,1,6H2,2-4H3. The monoisotopic (exact) mass is 190 g/mol. The molecule has 74 valence electrons. The summed E-state index contributed by atoms with van der Waals surface area (Å²) >= 11 is 0. The fraction of sp³-hybridized carbons (Fsp3) is 0.308. The molecule has 1 rings (SSSR count). The first-order chi connectivity index (χ1) is 6.52. The van der Waals surface area contributed by atoms with Crippen LogP contribution in [0.25, 0.3) is 0 Å². The Bertz CT molecular complexity index is 385. The second kappa shape index (κ2) is 4.26. The molecule has 0 bridgehead atoms. The third kappa shape index (κ3) is 2.34. The van der Waals surface area contributed by atoms with E-state index in [1.54, 1.807) is 6.08 Å². The molecule has 0 unspecified atom stereocenters. The zero-order valence-electron chi connectivity index (χ0n) is 8.95. The van der Waals surface area contributed by atoms with E-state index in [2.05, 4.69) is 12.3 Å². The maximum atomic E-state index is 13.7. The second-order valence-corrected chi connectivity index (χ2v) is 3.67. The van der Waals surface area contributed by atoms with Crippen molar-refractivity contribution in [2.45, 2.75) is 27.2 Å². The predicted molar refractivity (Wildman–Crippen MR) is 58.6 cm³/mol. The van der Waals surface area contributed by atoms with E-state index in [4.69, 9.17) is 0 Å². The van der Waals surface area contributed by atoms with E-state index in [9.17, 15) is 4.39 Å². The lowest BCUT2D eigenvalue weighted by molar-refractivity contribution is 0.655. The molecule has 0 aromatic carbocycles. The van der Waals surface area contributed by atoms with Gasteiger partial charge in [0, 0.05) is 11.1 Å². The van der Waals surface area contributed by atoms with Gasteiger partial charge in [-0.15, -0.1) is 5.73 Å². The lowest BCUT2D eigenvalue weighted by atomic mass is 9.98. The van der Waals surface area contributed by atoms with Crippen molar-refractivity contribution < 1.29 is 4.39 Å². The van der Waals surface area contributed by atoms with E-state index < -0.39 is 0 Å². The molecular weight excluding hydrogens is 175 g/mol. The highest BCUT2D eigenvalue weighted by molar-refractivity contribution is 5.48. The van der Waals surface area contributed by atoms with Crippen LogP contribution in [0.15, 0.2) is 52.6 Å². The van der Waals surface area contributed by atoms with Crippen LogP contribution in [0.1, 0.15) is 27.2 Å². The van der Waals surface area contributed by atoms with Gasteiger partial charge in [0.05, 0.1) is 0 Å². The average Bonchev–Trinajstić information content (AvgIpc) is 2.00. The molecular formula is C13H15F. The van der Waals surface area contributed by atoms with E-state index in [-0.39, 0.29) is 5.83 Å². The Morgan fingerprint density at radius 1 is 1.50 bits per heavy atom. The first-order valence-electron chi connectivity index (χ1n) is 4.67. The van der Waals surface area contributed by atoms with Gasteiger partial charge in [-0.1, -0.05) is 12.2 Å². The molecule has 0 aliphatic heterocycles. The molecule has 1 heteroatoms. The highest BCUT2D eigenvalue weighted by atomic mass is 19.1. The van der Waals surface area contributed by atoms with Crippen LogP contribution in [0.2, 0.25) is 0 Å². The molecule has 0 nitrogen and oxygen atoms in total. The van der Waals surface area contributed by atoms with Gasteiger partial charge in [0.15, 0.2) is 0 Å². The van der Waals surface area contributed by atoms with Crippen LogP contribution in [0.4, 0.5) is 4.39 Å². The molecule has 0 fully saturated rings. The van der Waals surface area contributed by atoms with Crippen molar-refractivity contribution in [3.63, 3.8) is 0 Å². The van der Waals surface area contributed by atoms with Crippen molar-refractivity contribution in [3.05, 3.63) is 52.6 Å². The molecule has 0 saturated carbocycles. The molecule has 0 heterocycles. The van der Waals surface area contributed by atoms with Crippen LogP contribution in [-0.2, 0) is 0 Å². The zero-order valence-corrected chi connectivity index (χ0v) is 8.95. The Morgan fingerprint density at radius 2 is 2.14 bits per heavy atom. The molecule has 0 atom stereocenters. The van der Waals surface area contributed by atoms with Crippen molar-refractivity contribution in [3.8, 4) is 0 Å². The summed E-state index contributed by atoms with van der Waals surface area (Å²) in [4.78, 5) is 0. The molecule has 0 saturated heterocycles. The van der Waals surface area contributed by atoms with Crippen molar-refractivity contribution >= 4 is 0 Å². The van der Waals surface area contributed by atoms with Crippen LogP contribution >= 0.6 is 0 Å². The van der Waals surface area contributed by atoms with Crippen LogP contribution in [0.5, 0.6) is 0 Å². The van der Waals surface area contributed by atoms with E-state index in [1.807, 2.05) is 26.8 Å². The zero-order chi connectivity index (χ0) is 10.7. The van der Waals surface area contributed by atoms with Crippen molar-refractivity contribution in [2.24, 2.45) is 0 Å². The molecule has 1 aliphatic carbocycles. The van der Waals surface area contributed by atoms with Gasteiger partial charge < -0.3 is 0 Å². The Kier molecular flexibility index (Phi) is 3.27. The lowest BCUT2D eigenvalue weighted by Crippen LogP contribution is -1.92. The quantitative estimate of drug-likeness (QED) is 0.542. The van der Waals surface area contributed by atoms with Crippen molar-refractivity contribution in [2.75, 3.05) is 0 Å². The van der Waals surface area contributed by atoms with Gasteiger partial charge >= 0.3 is 0 Å². The smallest absolute Gasteiger partial charge is 0.131 e. The third-order valence-electron chi connectivity index (χ3n) is 2.16. The Balaban J connectivity index is 3.35. The average molecular weight is 190 g/mol. The fourth-order valence-electron chi connectivity index (χ4n) is 1.49. The molecule has 0 radical (unpaired) electrons. The third-order valence-corrected chi connectivity index (χ3v) is 2.16. The summed E-state index contributed by atoms with van der Waals surface area (Å²) in [6.45, 7) is 9.35. The summed E-state index contributed by atoms with van der Waals surface area (Å²) in [5.74, 6) is -0.201. The normalized spacial score (nSPS) is 17.1. The Morgan fingerprint density at radius 3 is 2.71 bits per heavy atom. The van der Waals surface area contributed by atoms with Crippen molar-refractivity contribution in [1.82, 2.24) is 0 Å². The maximum Gasteiger partial charge on any atom is 0.131 e. The van der Waals surface area contributed by atoms with Gasteiger partial charge in [-0.25, -0.2) is 4.39 Å². The van der Waals surface area contributed by atoms with E-state index >= 15 is 0 Å². The minimum absolute atomic E-state index is 0.201. The summed E-state index contributed by atoms with van der Waals surface area (Å²) < 4.78 is 13.7. The molecule has 0 spiro atoms. The van der Waals surface area contributed by atoms with Crippen LogP contribution in [0, 0.1) is 0 Å².